The normalized spacial score (nSPS) is 19.4. The molecule has 4 rings (SSSR count). The number of carbonyl (C=O) groups is 2. The highest BCUT2D eigenvalue weighted by atomic mass is 35.5. The molecule has 164 valence electrons. The minimum absolute atomic E-state index is 0.207. The second-order valence-electron chi connectivity index (χ2n) is 8.43. The lowest BCUT2D eigenvalue weighted by Crippen LogP contribution is -2.41. The molecule has 2 N–H and O–H groups in total. The standard InChI is InChI=1S/C24H28ClN3O3/c25-21-8-2-1-7-19(21)23(29)26-18-9-10-22(20(14-18)24(30)31)28-13-5-6-17(16-28)15-27-11-3-4-12-27/h1-2,7-10,14,17H,3-6,11-13,15-16H2,(H,26,29)(H,30,31). The van der Waals surface area contributed by atoms with Crippen LogP contribution in [0.25, 0.3) is 0 Å². The van der Waals surface area contributed by atoms with Crippen molar-refractivity contribution in [3.05, 3.63) is 58.6 Å². The van der Waals surface area contributed by atoms with Crippen LogP contribution in [0.3, 0.4) is 0 Å². The molecule has 0 spiro atoms. The zero-order valence-corrected chi connectivity index (χ0v) is 18.3. The Morgan fingerprint density at radius 2 is 1.81 bits per heavy atom. The van der Waals surface area contributed by atoms with Crippen LogP contribution >= 0.6 is 11.6 Å². The van der Waals surface area contributed by atoms with E-state index in [-0.39, 0.29) is 11.5 Å². The van der Waals surface area contributed by atoms with Crippen molar-refractivity contribution in [2.24, 2.45) is 5.92 Å². The quantitative estimate of drug-likeness (QED) is 0.685. The van der Waals surface area contributed by atoms with Gasteiger partial charge in [0.25, 0.3) is 5.91 Å². The number of nitrogens with one attached hydrogen (secondary N) is 1. The number of carboxylic acid groups (broad SMARTS) is 1. The third kappa shape index (κ3) is 5.20. The molecule has 1 amide bonds. The van der Waals surface area contributed by atoms with E-state index in [0.29, 0.717) is 22.2 Å². The molecule has 2 aromatic rings. The van der Waals surface area contributed by atoms with Gasteiger partial charge in [0, 0.05) is 25.3 Å². The van der Waals surface area contributed by atoms with Gasteiger partial charge in [0.15, 0.2) is 0 Å². The SMILES string of the molecule is O=C(Nc1ccc(N2CCCC(CN3CCCC3)C2)c(C(=O)O)c1)c1ccccc1Cl. The van der Waals surface area contributed by atoms with Gasteiger partial charge in [-0.1, -0.05) is 23.7 Å². The highest BCUT2D eigenvalue weighted by Crippen LogP contribution is 2.30. The largest absolute Gasteiger partial charge is 0.478 e. The Labute approximate surface area is 187 Å². The summed E-state index contributed by atoms with van der Waals surface area (Å²) < 4.78 is 0. The monoisotopic (exact) mass is 441 g/mol. The van der Waals surface area contributed by atoms with E-state index in [1.807, 2.05) is 6.07 Å². The van der Waals surface area contributed by atoms with Crippen molar-refractivity contribution in [3.63, 3.8) is 0 Å². The van der Waals surface area contributed by atoms with E-state index in [1.165, 1.54) is 38.4 Å². The van der Waals surface area contributed by atoms with Crippen LogP contribution in [0.15, 0.2) is 42.5 Å². The Bertz CT molecular complexity index is 959. The molecule has 1 atom stereocenters. The van der Waals surface area contributed by atoms with Crippen LogP contribution in [-0.2, 0) is 0 Å². The highest BCUT2D eigenvalue weighted by Gasteiger charge is 2.26. The Balaban J connectivity index is 1.50. The van der Waals surface area contributed by atoms with Crippen LogP contribution in [0.4, 0.5) is 11.4 Å². The fourth-order valence-corrected chi connectivity index (χ4v) is 4.89. The lowest BCUT2D eigenvalue weighted by molar-refractivity contribution is 0.0697. The van der Waals surface area contributed by atoms with E-state index in [2.05, 4.69) is 15.1 Å². The Morgan fingerprint density at radius 3 is 2.55 bits per heavy atom. The number of rotatable bonds is 6. The van der Waals surface area contributed by atoms with E-state index in [4.69, 9.17) is 11.6 Å². The molecule has 2 aliphatic rings. The molecule has 0 bridgehead atoms. The molecule has 2 aromatic carbocycles. The maximum absolute atomic E-state index is 12.6. The summed E-state index contributed by atoms with van der Waals surface area (Å²) in [5.41, 5.74) is 1.72. The summed E-state index contributed by atoms with van der Waals surface area (Å²) in [4.78, 5) is 29.3. The Kier molecular flexibility index (Phi) is 6.78. The number of benzene rings is 2. The van der Waals surface area contributed by atoms with Gasteiger partial charge in [-0.25, -0.2) is 4.79 Å². The van der Waals surface area contributed by atoms with Crippen LogP contribution in [0.5, 0.6) is 0 Å². The smallest absolute Gasteiger partial charge is 0.337 e. The van der Waals surface area contributed by atoms with Gasteiger partial charge in [0.2, 0.25) is 0 Å². The highest BCUT2D eigenvalue weighted by molar-refractivity contribution is 6.34. The van der Waals surface area contributed by atoms with E-state index in [1.54, 1.807) is 30.3 Å². The van der Waals surface area contributed by atoms with Gasteiger partial charge >= 0.3 is 5.97 Å². The number of carboxylic acids is 1. The summed E-state index contributed by atoms with van der Waals surface area (Å²) in [6, 6.07) is 11.9. The van der Waals surface area contributed by atoms with Gasteiger partial charge in [0.1, 0.15) is 0 Å². The van der Waals surface area contributed by atoms with Crippen LogP contribution in [0.2, 0.25) is 5.02 Å². The van der Waals surface area contributed by atoms with E-state index < -0.39 is 5.97 Å². The molecule has 0 radical (unpaired) electrons. The fraction of sp³-hybridized carbons (Fsp3) is 0.417. The Hall–Kier alpha value is -2.57. The van der Waals surface area contributed by atoms with Crippen LogP contribution < -0.4 is 10.2 Å². The predicted molar refractivity (Wildman–Crippen MR) is 123 cm³/mol. The average molecular weight is 442 g/mol. The maximum Gasteiger partial charge on any atom is 0.337 e. The molecule has 31 heavy (non-hydrogen) atoms. The number of halogens is 1. The summed E-state index contributed by atoms with van der Waals surface area (Å²) in [5.74, 6) is -0.808. The summed E-state index contributed by atoms with van der Waals surface area (Å²) in [5, 5.41) is 13.0. The lowest BCUT2D eigenvalue weighted by Gasteiger charge is -2.36. The summed E-state index contributed by atoms with van der Waals surface area (Å²) in [6.45, 7) is 5.16. The zero-order chi connectivity index (χ0) is 21.8. The number of hydrogen-bond donors (Lipinski definition) is 2. The number of piperidine rings is 1. The topological polar surface area (TPSA) is 72.9 Å². The van der Waals surface area contributed by atoms with E-state index in [9.17, 15) is 14.7 Å². The van der Waals surface area contributed by atoms with Gasteiger partial charge < -0.3 is 20.2 Å². The number of likely N-dealkylation sites (tertiary alicyclic amines) is 1. The molecule has 7 heteroatoms. The van der Waals surface area contributed by atoms with Gasteiger partial charge in [-0.2, -0.15) is 0 Å². The van der Waals surface area contributed by atoms with Crippen molar-refractivity contribution >= 4 is 34.9 Å². The minimum Gasteiger partial charge on any atom is -0.478 e. The molecule has 0 saturated carbocycles. The van der Waals surface area contributed by atoms with Crippen molar-refractivity contribution in [3.8, 4) is 0 Å². The van der Waals surface area contributed by atoms with Crippen LogP contribution in [-0.4, -0.2) is 54.6 Å². The molecule has 0 aromatic heterocycles. The molecule has 6 nitrogen and oxygen atoms in total. The predicted octanol–water partition coefficient (Wildman–Crippen LogP) is 4.60. The minimum atomic E-state index is -0.995. The first kappa shape index (κ1) is 21.7. The first-order chi connectivity index (χ1) is 15.0. The van der Waals surface area contributed by atoms with Gasteiger partial charge in [-0.05, 0) is 75.0 Å². The molecular formula is C24H28ClN3O3. The number of amides is 1. The average Bonchev–Trinajstić information content (AvgIpc) is 3.27. The van der Waals surface area contributed by atoms with E-state index >= 15 is 0 Å². The second kappa shape index (κ2) is 9.71. The number of carbonyl (C=O) groups excluding carboxylic acids is 1. The molecule has 1 unspecified atom stereocenters. The summed E-state index contributed by atoms with van der Waals surface area (Å²) in [7, 11) is 0. The van der Waals surface area contributed by atoms with Crippen molar-refractivity contribution in [1.82, 2.24) is 4.90 Å². The number of hydrogen-bond acceptors (Lipinski definition) is 4. The summed E-state index contributed by atoms with van der Waals surface area (Å²) >= 11 is 6.10. The molecule has 2 heterocycles. The second-order valence-corrected chi connectivity index (χ2v) is 8.84. The molecular weight excluding hydrogens is 414 g/mol. The first-order valence-corrected chi connectivity index (χ1v) is 11.3. The van der Waals surface area contributed by atoms with Gasteiger partial charge in [-0.3, -0.25) is 4.79 Å². The van der Waals surface area contributed by atoms with Crippen molar-refractivity contribution in [2.75, 3.05) is 42.9 Å². The maximum atomic E-state index is 12.6. The van der Waals surface area contributed by atoms with Crippen molar-refractivity contribution in [1.29, 1.82) is 0 Å². The Morgan fingerprint density at radius 1 is 1.03 bits per heavy atom. The van der Waals surface area contributed by atoms with Crippen molar-refractivity contribution < 1.29 is 14.7 Å². The van der Waals surface area contributed by atoms with Gasteiger partial charge in [0.05, 0.1) is 21.8 Å². The lowest BCUT2D eigenvalue weighted by atomic mass is 9.96. The van der Waals surface area contributed by atoms with Gasteiger partial charge in [-0.15, -0.1) is 0 Å². The van der Waals surface area contributed by atoms with Crippen molar-refractivity contribution in [2.45, 2.75) is 25.7 Å². The molecule has 2 saturated heterocycles. The first-order valence-electron chi connectivity index (χ1n) is 10.9. The number of aromatic carboxylic acids is 1. The van der Waals surface area contributed by atoms with Crippen LogP contribution in [0, 0.1) is 5.92 Å². The molecule has 2 fully saturated rings. The third-order valence-electron chi connectivity index (χ3n) is 6.18. The molecule has 2 aliphatic heterocycles. The fourth-order valence-electron chi connectivity index (χ4n) is 4.67. The van der Waals surface area contributed by atoms with Crippen LogP contribution in [0.1, 0.15) is 46.4 Å². The molecule has 0 aliphatic carbocycles. The van der Waals surface area contributed by atoms with E-state index in [0.717, 1.165) is 31.7 Å². The zero-order valence-electron chi connectivity index (χ0n) is 17.5. The number of nitrogens with zero attached hydrogens (tertiary/aromatic N) is 2. The number of anilines is 2. The summed E-state index contributed by atoms with van der Waals surface area (Å²) in [6.07, 6.45) is 4.80. The third-order valence-corrected chi connectivity index (χ3v) is 6.51.